The van der Waals surface area contributed by atoms with E-state index in [4.69, 9.17) is 15.1 Å². The molecule has 96 valence electrons. The van der Waals surface area contributed by atoms with Crippen molar-refractivity contribution in [2.24, 2.45) is 10.8 Å². The number of guanidine groups is 1. The Morgan fingerprint density at radius 3 is 3.12 bits per heavy atom. The summed E-state index contributed by atoms with van der Waals surface area (Å²) in [5.41, 5.74) is 2.49. The molecular formula is C9H18N6O2. The number of methoxy groups -OCH3 is 1. The van der Waals surface area contributed by atoms with Crippen LogP contribution in [0, 0.1) is 0 Å². The maximum atomic E-state index is 5.34. The van der Waals surface area contributed by atoms with Crippen LogP contribution < -0.4 is 16.6 Å². The second-order valence-electron chi connectivity index (χ2n) is 3.46. The molecule has 0 bridgehead atoms. The average molecular weight is 242 g/mol. The van der Waals surface area contributed by atoms with Crippen LogP contribution in [0.4, 0.5) is 0 Å². The standard InChI is InChI=1S/C9H18N6O2/c1-7(5-16-2)14-9(15-10)11-4-3-8-12-6-13-17-8/h6-7H,3-5,10H2,1-2H3,(H2,11,14,15). The van der Waals surface area contributed by atoms with Crippen LogP contribution in [-0.2, 0) is 11.2 Å². The highest BCUT2D eigenvalue weighted by atomic mass is 16.5. The Labute approximate surface area is 99.6 Å². The molecular weight excluding hydrogens is 224 g/mol. The van der Waals surface area contributed by atoms with Gasteiger partial charge in [0.1, 0.15) is 0 Å². The van der Waals surface area contributed by atoms with E-state index >= 15 is 0 Å². The van der Waals surface area contributed by atoms with Gasteiger partial charge in [0.15, 0.2) is 6.33 Å². The summed E-state index contributed by atoms with van der Waals surface area (Å²) in [5.74, 6) is 6.40. The van der Waals surface area contributed by atoms with Gasteiger partial charge in [-0.3, -0.25) is 10.4 Å². The van der Waals surface area contributed by atoms with E-state index in [0.717, 1.165) is 0 Å². The largest absolute Gasteiger partial charge is 0.383 e. The van der Waals surface area contributed by atoms with Crippen LogP contribution in [0.15, 0.2) is 15.8 Å². The number of nitrogens with zero attached hydrogens (tertiary/aromatic N) is 3. The van der Waals surface area contributed by atoms with Gasteiger partial charge in [-0.05, 0) is 6.92 Å². The van der Waals surface area contributed by atoms with Gasteiger partial charge in [-0.2, -0.15) is 4.98 Å². The molecule has 1 atom stereocenters. The fourth-order valence-electron chi connectivity index (χ4n) is 1.23. The Morgan fingerprint density at radius 1 is 1.71 bits per heavy atom. The highest BCUT2D eigenvalue weighted by Gasteiger charge is 2.04. The Hall–Kier alpha value is -1.67. The zero-order valence-electron chi connectivity index (χ0n) is 10.0. The Morgan fingerprint density at radius 2 is 2.53 bits per heavy atom. The molecule has 17 heavy (non-hydrogen) atoms. The lowest BCUT2D eigenvalue weighted by molar-refractivity contribution is 0.179. The van der Waals surface area contributed by atoms with Crippen LogP contribution in [0.3, 0.4) is 0 Å². The first-order valence-corrected chi connectivity index (χ1v) is 5.28. The smallest absolute Gasteiger partial charge is 0.228 e. The molecule has 0 fully saturated rings. The van der Waals surface area contributed by atoms with Gasteiger partial charge in [-0.15, -0.1) is 0 Å². The maximum Gasteiger partial charge on any atom is 0.228 e. The van der Waals surface area contributed by atoms with Crippen LogP contribution >= 0.6 is 0 Å². The molecule has 0 saturated carbocycles. The number of hydrogen-bond donors (Lipinski definition) is 3. The minimum Gasteiger partial charge on any atom is -0.383 e. The van der Waals surface area contributed by atoms with Gasteiger partial charge in [-0.25, -0.2) is 5.84 Å². The van der Waals surface area contributed by atoms with Crippen molar-refractivity contribution in [3.05, 3.63) is 12.2 Å². The second kappa shape index (κ2) is 7.58. The van der Waals surface area contributed by atoms with Gasteiger partial charge >= 0.3 is 0 Å². The molecule has 8 nitrogen and oxygen atoms in total. The summed E-state index contributed by atoms with van der Waals surface area (Å²) < 4.78 is 9.84. The van der Waals surface area contributed by atoms with E-state index in [-0.39, 0.29) is 6.04 Å². The second-order valence-corrected chi connectivity index (χ2v) is 3.46. The van der Waals surface area contributed by atoms with E-state index < -0.39 is 0 Å². The molecule has 0 aliphatic rings. The van der Waals surface area contributed by atoms with E-state index in [9.17, 15) is 0 Å². The number of nitrogens with one attached hydrogen (secondary N) is 2. The van der Waals surface area contributed by atoms with E-state index in [1.165, 1.54) is 6.33 Å². The zero-order chi connectivity index (χ0) is 12.5. The van der Waals surface area contributed by atoms with Crippen LogP contribution in [0.2, 0.25) is 0 Å². The van der Waals surface area contributed by atoms with E-state index in [2.05, 4.69) is 25.9 Å². The fourth-order valence-corrected chi connectivity index (χ4v) is 1.23. The monoisotopic (exact) mass is 242 g/mol. The fraction of sp³-hybridized carbons (Fsp3) is 0.667. The third-order valence-corrected chi connectivity index (χ3v) is 1.94. The van der Waals surface area contributed by atoms with Gasteiger partial charge in [0.2, 0.25) is 11.9 Å². The molecule has 0 spiro atoms. The number of hydrazine groups is 1. The SMILES string of the molecule is COCC(C)NC(=NCCc1ncno1)NN. The molecule has 1 aromatic rings. The molecule has 1 rings (SSSR count). The number of aromatic nitrogens is 2. The van der Waals surface area contributed by atoms with Crippen LogP contribution in [0.25, 0.3) is 0 Å². The van der Waals surface area contributed by atoms with Gasteiger partial charge in [0.25, 0.3) is 0 Å². The number of aliphatic imine (C=N–C) groups is 1. The lowest BCUT2D eigenvalue weighted by Crippen LogP contribution is -2.47. The molecule has 1 heterocycles. The highest BCUT2D eigenvalue weighted by molar-refractivity contribution is 5.79. The van der Waals surface area contributed by atoms with Crippen molar-refractivity contribution >= 4 is 5.96 Å². The highest BCUT2D eigenvalue weighted by Crippen LogP contribution is 1.92. The van der Waals surface area contributed by atoms with Crippen molar-refractivity contribution in [2.75, 3.05) is 20.3 Å². The van der Waals surface area contributed by atoms with Gasteiger partial charge in [-0.1, -0.05) is 5.16 Å². The molecule has 0 aromatic carbocycles. The zero-order valence-corrected chi connectivity index (χ0v) is 10.0. The molecule has 1 unspecified atom stereocenters. The van der Waals surface area contributed by atoms with Gasteiger partial charge < -0.3 is 14.6 Å². The summed E-state index contributed by atoms with van der Waals surface area (Å²) in [4.78, 5) is 8.12. The first-order chi connectivity index (χ1) is 8.26. The van der Waals surface area contributed by atoms with Crippen molar-refractivity contribution in [2.45, 2.75) is 19.4 Å². The third-order valence-electron chi connectivity index (χ3n) is 1.94. The lowest BCUT2D eigenvalue weighted by atomic mass is 10.4. The normalized spacial score (nSPS) is 13.5. The summed E-state index contributed by atoms with van der Waals surface area (Å²) in [6, 6.07) is 0.123. The van der Waals surface area contributed by atoms with Crippen LogP contribution in [0.1, 0.15) is 12.8 Å². The topological polar surface area (TPSA) is 111 Å². The quantitative estimate of drug-likeness (QED) is 0.255. The minimum absolute atomic E-state index is 0.123. The molecule has 0 aliphatic carbocycles. The summed E-state index contributed by atoms with van der Waals surface area (Å²) in [6.07, 6.45) is 1.94. The Balaban J connectivity index is 2.33. The van der Waals surface area contributed by atoms with E-state index in [1.54, 1.807) is 7.11 Å². The molecule has 0 aliphatic heterocycles. The maximum absolute atomic E-state index is 5.34. The van der Waals surface area contributed by atoms with Crippen molar-refractivity contribution < 1.29 is 9.26 Å². The predicted molar refractivity (Wildman–Crippen MR) is 62.1 cm³/mol. The van der Waals surface area contributed by atoms with Crippen molar-refractivity contribution in [3.63, 3.8) is 0 Å². The van der Waals surface area contributed by atoms with Crippen molar-refractivity contribution in [1.82, 2.24) is 20.9 Å². The first-order valence-electron chi connectivity index (χ1n) is 5.28. The Bertz CT molecular complexity index is 326. The van der Waals surface area contributed by atoms with E-state index in [0.29, 0.717) is 31.4 Å². The summed E-state index contributed by atoms with van der Waals surface area (Å²) >= 11 is 0. The summed E-state index contributed by atoms with van der Waals surface area (Å²) in [7, 11) is 1.64. The summed E-state index contributed by atoms with van der Waals surface area (Å²) in [5, 5.41) is 6.58. The van der Waals surface area contributed by atoms with Crippen LogP contribution in [-0.4, -0.2) is 42.4 Å². The lowest BCUT2D eigenvalue weighted by Gasteiger charge is -2.15. The summed E-state index contributed by atoms with van der Waals surface area (Å²) in [6.45, 7) is 3.05. The molecule has 8 heteroatoms. The first kappa shape index (κ1) is 13.4. The minimum atomic E-state index is 0.123. The van der Waals surface area contributed by atoms with E-state index in [1.807, 2.05) is 6.92 Å². The third kappa shape index (κ3) is 5.27. The van der Waals surface area contributed by atoms with Crippen molar-refractivity contribution in [1.29, 1.82) is 0 Å². The molecule has 4 N–H and O–H groups in total. The number of ether oxygens (including phenoxy) is 1. The Kier molecular flexibility index (Phi) is 5.97. The predicted octanol–water partition coefficient (Wildman–Crippen LogP) is -0.944. The molecule has 0 amide bonds. The molecule has 0 radical (unpaired) electrons. The van der Waals surface area contributed by atoms with Gasteiger partial charge in [0.05, 0.1) is 13.2 Å². The van der Waals surface area contributed by atoms with Gasteiger partial charge in [0, 0.05) is 19.6 Å². The number of nitrogens with two attached hydrogens (primary N) is 1. The molecule has 0 saturated heterocycles. The number of hydrogen-bond acceptors (Lipinski definition) is 6. The van der Waals surface area contributed by atoms with Crippen LogP contribution in [0.5, 0.6) is 0 Å². The average Bonchev–Trinajstić information content (AvgIpc) is 2.81. The van der Waals surface area contributed by atoms with Crippen molar-refractivity contribution in [3.8, 4) is 0 Å². The number of rotatable bonds is 6. The molecule has 1 aromatic heterocycles.